The minimum atomic E-state index is -0.512. The van der Waals surface area contributed by atoms with Gasteiger partial charge in [0.2, 0.25) is 0 Å². The van der Waals surface area contributed by atoms with Gasteiger partial charge in [-0.3, -0.25) is 0 Å². The molecule has 1 heterocycles. The Kier molecular flexibility index (Phi) is 4.53. The Morgan fingerprint density at radius 3 is 2.39 bits per heavy atom. The fourth-order valence-corrected chi connectivity index (χ4v) is 3.06. The summed E-state index contributed by atoms with van der Waals surface area (Å²) in [5, 5.41) is 10.2. The summed E-state index contributed by atoms with van der Waals surface area (Å²) in [4.78, 5) is 12.4. The van der Waals surface area contributed by atoms with E-state index in [2.05, 4.69) is 0 Å². The highest BCUT2D eigenvalue weighted by molar-refractivity contribution is 7.98. The summed E-state index contributed by atoms with van der Waals surface area (Å²) >= 11 is 1.28. The van der Waals surface area contributed by atoms with Crippen LogP contribution < -0.4 is 5.63 Å². The molecule has 4 heteroatoms. The molecule has 0 aliphatic rings. The van der Waals surface area contributed by atoms with E-state index in [1.165, 1.54) is 17.8 Å². The van der Waals surface area contributed by atoms with Gasteiger partial charge in [0.25, 0.3) is 0 Å². The molecule has 0 amide bonds. The maximum atomic E-state index is 12.2. The maximum Gasteiger partial charge on any atom is 0.353 e. The third-order valence-corrected chi connectivity index (χ3v) is 4.59. The first-order valence-electron chi connectivity index (χ1n) is 7.24. The molecule has 1 aromatic heterocycles. The van der Waals surface area contributed by atoms with Crippen LogP contribution in [0.2, 0.25) is 0 Å². The maximum absolute atomic E-state index is 12.2. The number of hydrogen-bond donors (Lipinski definition) is 1. The van der Waals surface area contributed by atoms with Crippen LogP contribution in [0.3, 0.4) is 0 Å². The standard InChI is InChI=1S/C19H16O3S/c1-13-7-9-15(10-8-13)17-11-16(20)18(19(21)22-17)23-12-14-5-3-2-4-6-14/h2-11,20H,12H2,1H3. The lowest BCUT2D eigenvalue weighted by atomic mass is 10.1. The molecule has 0 unspecified atom stereocenters. The summed E-state index contributed by atoms with van der Waals surface area (Å²) in [5.41, 5.74) is 2.46. The van der Waals surface area contributed by atoms with E-state index in [9.17, 15) is 9.90 Å². The second kappa shape index (κ2) is 6.75. The first-order valence-corrected chi connectivity index (χ1v) is 8.23. The molecular weight excluding hydrogens is 308 g/mol. The molecule has 0 atom stereocenters. The van der Waals surface area contributed by atoms with Gasteiger partial charge in [0.15, 0.2) is 0 Å². The Balaban J connectivity index is 1.86. The summed E-state index contributed by atoms with van der Waals surface area (Å²) < 4.78 is 5.37. The van der Waals surface area contributed by atoms with Gasteiger partial charge in [-0.2, -0.15) is 0 Å². The molecule has 0 aliphatic heterocycles. The van der Waals surface area contributed by atoms with Gasteiger partial charge in [-0.25, -0.2) is 4.79 Å². The lowest BCUT2D eigenvalue weighted by Gasteiger charge is -2.06. The molecule has 0 bridgehead atoms. The fraction of sp³-hybridized carbons (Fsp3) is 0.105. The molecule has 0 saturated carbocycles. The van der Waals surface area contributed by atoms with E-state index >= 15 is 0 Å². The molecule has 3 nitrogen and oxygen atoms in total. The monoisotopic (exact) mass is 324 g/mol. The van der Waals surface area contributed by atoms with Gasteiger partial charge >= 0.3 is 5.63 Å². The third kappa shape index (κ3) is 3.66. The number of thioether (sulfide) groups is 1. The Hall–Kier alpha value is -2.46. The Bertz CT molecular complexity index is 852. The van der Waals surface area contributed by atoms with Crippen LogP contribution in [0.25, 0.3) is 11.3 Å². The topological polar surface area (TPSA) is 50.4 Å². The van der Waals surface area contributed by atoms with Crippen LogP contribution in [0.15, 0.2) is 74.8 Å². The average Bonchev–Trinajstić information content (AvgIpc) is 2.55. The van der Waals surface area contributed by atoms with Crippen LogP contribution in [-0.2, 0) is 5.75 Å². The van der Waals surface area contributed by atoms with E-state index in [0.29, 0.717) is 11.5 Å². The van der Waals surface area contributed by atoms with Gasteiger partial charge in [0.05, 0.1) is 0 Å². The minimum Gasteiger partial charge on any atom is -0.506 e. The van der Waals surface area contributed by atoms with Gasteiger partial charge in [0, 0.05) is 17.4 Å². The summed E-state index contributed by atoms with van der Waals surface area (Å²) in [6, 6.07) is 18.9. The van der Waals surface area contributed by atoms with Crippen molar-refractivity contribution in [2.24, 2.45) is 0 Å². The van der Waals surface area contributed by atoms with Crippen LogP contribution in [0, 0.1) is 6.92 Å². The second-order valence-corrected chi connectivity index (χ2v) is 6.24. The van der Waals surface area contributed by atoms with Crippen molar-refractivity contribution in [3.8, 4) is 17.1 Å². The zero-order valence-corrected chi connectivity index (χ0v) is 13.5. The van der Waals surface area contributed by atoms with Gasteiger partial charge in [-0.05, 0) is 12.5 Å². The quantitative estimate of drug-likeness (QED) is 0.712. The summed E-state index contributed by atoms with van der Waals surface area (Å²) in [6.45, 7) is 1.99. The molecule has 0 fully saturated rings. The van der Waals surface area contributed by atoms with Crippen LogP contribution in [0.4, 0.5) is 0 Å². The van der Waals surface area contributed by atoms with E-state index in [1.807, 2.05) is 61.5 Å². The smallest absolute Gasteiger partial charge is 0.353 e. The van der Waals surface area contributed by atoms with E-state index in [-0.39, 0.29) is 10.6 Å². The first kappa shape index (κ1) is 15.4. The van der Waals surface area contributed by atoms with Crippen molar-refractivity contribution in [1.29, 1.82) is 0 Å². The van der Waals surface area contributed by atoms with Crippen molar-refractivity contribution in [3.05, 3.63) is 82.2 Å². The van der Waals surface area contributed by atoms with Gasteiger partial charge in [-0.1, -0.05) is 60.2 Å². The highest BCUT2D eigenvalue weighted by atomic mass is 32.2. The lowest BCUT2D eigenvalue weighted by Crippen LogP contribution is -2.03. The van der Waals surface area contributed by atoms with Crippen LogP contribution in [0.5, 0.6) is 5.75 Å². The second-order valence-electron chi connectivity index (χ2n) is 5.25. The number of benzene rings is 2. The van der Waals surface area contributed by atoms with Crippen molar-refractivity contribution in [1.82, 2.24) is 0 Å². The van der Waals surface area contributed by atoms with Crippen molar-refractivity contribution >= 4 is 11.8 Å². The molecule has 2 aromatic carbocycles. The molecule has 23 heavy (non-hydrogen) atoms. The zero-order chi connectivity index (χ0) is 16.2. The summed E-state index contributed by atoms with van der Waals surface area (Å²) in [7, 11) is 0. The third-order valence-electron chi connectivity index (χ3n) is 3.45. The molecule has 3 rings (SSSR count). The van der Waals surface area contributed by atoms with Crippen LogP contribution in [-0.4, -0.2) is 5.11 Å². The molecule has 3 aromatic rings. The largest absolute Gasteiger partial charge is 0.506 e. The fourth-order valence-electron chi connectivity index (χ4n) is 2.19. The predicted molar refractivity (Wildman–Crippen MR) is 92.8 cm³/mol. The van der Waals surface area contributed by atoms with Crippen molar-refractivity contribution in [3.63, 3.8) is 0 Å². The highest BCUT2D eigenvalue weighted by Gasteiger charge is 2.13. The Morgan fingerprint density at radius 1 is 1.04 bits per heavy atom. The number of hydrogen-bond acceptors (Lipinski definition) is 4. The molecule has 116 valence electrons. The van der Waals surface area contributed by atoms with E-state index in [4.69, 9.17) is 4.42 Å². The van der Waals surface area contributed by atoms with Crippen molar-refractivity contribution in [2.45, 2.75) is 17.6 Å². The average molecular weight is 324 g/mol. The molecule has 0 radical (unpaired) electrons. The lowest BCUT2D eigenvalue weighted by molar-refractivity contribution is 0.430. The number of rotatable bonds is 4. The Morgan fingerprint density at radius 2 is 1.74 bits per heavy atom. The molecular formula is C19H16O3S. The normalized spacial score (nSPS) is 10.7. The van der Waals surface area contributed by atoms with Gasteiger partial charge < -0.3 is 9.52 Å². The SMILES string of the molecule is Cc1ccc(-c2cc(O)c(SCc3ccccc3)c(=O)o2)cc1. The Labute approximate surface area is 138 Å². The molecule has 0 aliphatic carbocycles. The minimum absolute atomic E-state index is 0.0437. The highest BCUT2D eigenvalue weighted by Crippen LogP contribution is 2.31. The first-order chi connectivity index (χ1) is 11.1. The zero-order valence-electron chi connectivity index (χ0n) is 12.7. The van der Waals surface area contributed by atoms with Crippen molar-refractivity contribution < 1.29 is 9.52 Å². The number of aryl methyl sites for hydroxylation is 1. The summed E-state index contributed by atoms with van der Waals surface area (Å²) in [6.07, 6.45) is 0. The molecule has 0 saturated heterocycles. The van der Waals surface area contributed by atoms with Gasteiger partial charge in [-0.15, -0.1) is 11.8 Å². The van der Waals surface area contributed by atoms with Crippen molar-refractivity contribution in [2.75, 3.05) is 0 Å². The predicted octanol–water partition coefficient (Wildman–Crippen LogP) is 4.61. The van der Waals surface area contributed by atoms with Crippen LogP contribution >= 0.6 is 11.8 Å². The van der Waals surface area contributed by atoms with E-state index in [0.717, 1.165) is 16.7 Å². The van der Waals surface area contributed by atoms with Gasteiger partial charge in [0.1, 0.15) is 16.4 Å². The molecule has 0 spiro atoms. The molecule has 1 N–H and O–H groups in total. The van der Waals surface area contributed by atoms with Crippen LogP contribution in [0.1, 0.15) is 11.1 Å². The number of aromatic hydroxyl groups is 1. The van der Waals surface area contributed by atoms with E-state index in [1.54, 1.807) is 0 Å². The summed E-state index contributed by atoms with van der Waals surface area (Å²) in [5.74, 6) is 0.928. The van der Waals surface area contributed by atoms with E-state index < -0.39 is 5.63 Å².